The number of aliphatic hydroxyl groups excluding tert-OH is 4. The fourth-order valence-corrected chi connectivity index (χ4v) is 6.09. The summed E-state index contributed by atoms with van der Waals surface area (Å²) >= 11 is 0. The summed E-state index contributed by atoms with van der Waals surface area (Å²) in [7, 11) is 0. The summed E-state index contributed by atoms with van der Waals surface area (Å²) in [6.07, 6.45) is 35.6. The molecule has 1 aliphatic rings. The highest BCUT2D eigenvalue weighted by Gasteiger charge is 2.44. The number of esters is 1. The lowest BCUT2D eigenvalue weighted by atomic mass is 9.99. The van der Waals surface area contributed by atoms with E-state index in [9.17, 15) is 25.2 Å². The van der Waals surface area contributed by atoms with Crippen LogP contribution in [0.25, 0.3) is 0 Å². The van der Waals surface area contributed by atoms with Crippen LogP contribution in [0.4, 0.5) is 0 Å². The lowest BCUT2D eigenvalue weighted by Gasteiger charge is -2.39. The van der Waals surface area contributed by atoms with Crippen LogP contribution in [0.1, 0.15) is 162 Å². The Morgan fingerprint density at radius 2 is 1.13 bits per heavy atom. The Labute approximate surface area is 322 Å². The molecule has 0 radical (unpaired) electrons. The quantitative estimate of drug-likeness (QED) is 0.0285. The summed E-state index contributed by atoms with van der Waals surface area (Å²) in [5.74, 6) is -0.331. The van der Waals surface area contributed by atoms with E-state index < -0.39 is 43.4 Å². The van der Waals surface area contributed by atoms with Gasteiger partial charge in [-0.2, -0.15) is 0 Å². The van der Waals surface area contributed by atoms with Gasteiger partial charge in [0.25, 0.3) is 0 Å². The third-order valence-corrected chi connectivity index (χ3v) is 9.45. The van der Waals surface area contributed by atoms with Gasteiger partial charge >= 0.3 is 5.97 Å². The second-order valence-electron chi connectivity index (χ2n) is 14.4. The van der Waals surface area contributed by atoms with E-state index in [0.717, 1.165) is 77.0 Å². The van der Waals surface area contributed by atoms with Gasteiger partial charge in [0, 0.05) is 13.0 Å². The van der Waals surface area contributed by atoms with E-state index in [1.165, 1.54) is 64.2 Å². The summed E-state index contributed by atoms with van der Waals surface area (Å²) < 4.78 is 22.7. The van der Waals surface area contributed by atoms with E-state index in [1.807, 2.05) is 0 Å². The molecule has 0 spiro atoms. The van der Waals surface area contributed by atoms with E-state index in [1.54, 1.807) is 0 Å². The Hall–Kier alpha value is -1.85. The Morgan fingerprint density at radius 3 is 1.74 bits per heavy atom. The maximum atomic E-state index is 12.7. The fourth-order valence-electron chi connectivity index (χ4n) is 6.09. The molecule has 0 aromatic carbocycles. The van der Waals surface area contributed by atoms with Crippen LogP contribution in [-0.4, -0.2) is 89.6 Å². The number of hydrogen-bond donors (Lipinski definition) is 4. The van der Waals surface area contributed by atoms with Crippen LogP contribution in [0, 0.1) is 0 Å². The number of carbonyl (C=O) groups is 1. The molecule has 1 saturated heterocycles. The largest absolute Gasteiger partial charge is 0.457 e. The van der Waals surface area contributed by atoms with Crippen LogP contribution >= 0.6 is 0 Å². The minimum atomic E-state index is -1.54. The van der Waals surface area contributed by atoms with Crippen molar-refractivity contribution in [3.8, 4) is 0 Å². The minimum Gasteiger partial charge on any atom is -0.457 e. The van der Waals surface area contributed by atoms with Gasteiger partial charge in [-0.3, -0.25) is 4.79 Å². The average molecular weight is 751 g/mol. The van der Waals surface area contributed by atoms with Gasteiger partial charge in [0.1, 0.15) is 30.5 Å². The Bertz CT molecular complexity index is 947. The molecule has 0 aromatic rings. The van der Waals surface area contributed by atoms with Crippen molar-refractivity contribution < 1.29 is 44.2 Å². The Morgan fingerprint density at radius 1 is 0.604 bits per heavy atom. The van der Waals surface area contributed by atoms with Gasteiger partial charge < -0.3 is 39.4 Å². The summed E-state index contributed by atoms with van der Waals surface area (Å²) in [5, 5.41) is 40.0. The van der Waals surface area contributed by atoms with Gasteiger partial charge in [-0.25, -0.2) is 0 Å². The van der Waals surface area contributed by atoms with Crippen LogP contribution in [0.15, 0.2) is 48.6 Å². The number of ether oxygens (including phenoxy) is 4. The normalized spacial score (nSPS) is 21.5. The molecule has 0 amide bonds. The van der Waals surface area contributed by atoms with Crippen molar-refractivity contribution in [1.29, 1.82) is 0 Å². The highest BCUT2D eigenvalue weighted by Crippen LogP contribution is 2.22. The van der Waals surface area contributed by atoms with Gasteiger partial charge in [0.2, 0.25) is 0 Å². The summed E-state index contributed by atoms with van der Waals surface area (Å²) in [6, 6.07) is 0. The highest BCUT2D eigenvalue weighted by atomic mass is 16.7. The lowest BCUT2D eigenvalue weighted by Crippen LogP contribution is -2.59. The third kappa shape index (κ3) is 27.4. The second-order valence-corrected chi connectivity index (χ2v) is 14.4. The van der Waals surface area contributed by atoms with Crippen molar-refractivity contribution in [2.75, 3.05) is 26.4 Å². The monoisotopic (exact) mass is 751 g/mol. The van der Waals surface area contributed by atoms with Crippen molar-refractivity contribution in [3.05, 3.63) is 48.6 Å². The number of carbonyl (C=O) groups excluding carboxylic acids is 1. The van der Waals surface area contributed by atoms with E-state index in [2.05, 4.69) is 62.5 Å². The zero-order chi connectivity index (χ0) is 38.6. The van der Waals surface area contributed by atoms with Crippen molar-refractivity contribution in [2.45, 2.75) is 198 Å². The number of aliphatic hydroxyl groups is 4. The van der Waals surface area contributed by atoms with Gasteiger partial charge in [-0.15, -0.1) is 0 Å². The summed E-state index contributed by atoms with van der Waals surface area (Å²) in [5.41, 5.74) is 0. The Kier molecular flexibility index (Phi) is 33.2. The zero-order valence-electron chi connectivity index (χ0n) is 33.5. The minimum absolute atomic E-state index is 0.123. The molecule has 9 heteroatoms. The molecular formula is C44H78O9. The van der Waals surface area contributed by atoms with Crippen LogP contribution in [-0.2, 0) is 23.7 Å². The first kappa shape index (κ1) is 49.2. The van der Waals surface area contributed by atoms with E-state index in [4.69, 9.17) is 18.9 Å². The molecule has 1 heterocycles. The molecule has 9 nitrogen and oxygen atoms in total. The molecule has 1 fully saturated rings. The van der Waals surface area contributed by atoms with Crippen molar-refractivity contribution in [2.24, 2.45) is 0 Å². The first-order valence-electron chi connectivity index (χ1n) is 21.2. The Balaban J connectivity index is 2.29. The molecule has 0 aliphatic carbocycles. The zero-order valence-corrected chi connectivity index (χ0v) is 33.5. The first-order chi connectivity index (χ1) is 25.9. The van der Waals surface area contributed by atoms with Crippen LogP contribution in [0.5, 0.6) is 0 Å². The van der Waals surface area contributed by atoms with Crippen molar-refractivity contribution in [1.82, 2.24) is 0 Å². The maximum absolute atomic E-state index is 12.7. The van der Waals surface area contributed by atoms with Gasteiger partial charge in [0.15, 0.2) is 6.29 Å². The van der Waals surface area contributed by atoms with E-state index in [0.29, 0.717) is 13.0 Å². The predicted octanol–water partition coefficient (Wildman–Crippen LogP) is 8.97. The summed E-state index contributed by atoms with van der Waals surface area (Å²) in [6.45, 7) is 4.43. The van der Waals surface area contributed by atoms with E-state index >= 15 is 0 Å². The van der Waals surface area contributed by atoms with E-state index in [-0.39, 0.29) is 19.2 Å². The van der Waals surface area contributed by atoms with Gasteiger partial charge in [-0.05, 0) is 70.6 Å². The number of hydrogen-bond acceptors (Lipinski definition) is 9. The predicted molar refractivity (Wildman–Crippen MR) is 215 cm³/mol. The summed E-state index contributed by atoms with van der Waals surface area (Å²) in [4.78, 5) is 12.7. The second kappa shape index (κ2) is 35.8. The number of unbranched alkanes of at least 4 members (excludes halogenated alkanes) is 16. The molecular weight excluding hydrogens is 672 g/mol. The van der Waals surface area contributed by atoms with Crippen molar-refractivity contribution >= 4 is 5.97 Å². The standard InChI is InChI=1S/C44H78O9/c1-3-5-7-9-11-13-15-16-17-18-19-20-21-22-23-25-27-29-31-33-40(46)52-38(37-51-44-43(49)42(48)41(47)39(35-45)53-44)36-50-34-32-30-28-26-24-14-12-10-8-6-4-2/h8,10-11,13,16-17,19-20,38-39,41-45,47-49H,3-7,9,12,14-15,18,21-37H2,1-2H3/b10-8-,13-11-,17-16-,20-19-. The lowest BCUT2D eigenvalue weighted by molar-refractivity contribution is -0.305. The van der Waals surface area contributed by atoms with Crippen LogP contribution in [0.3, 0.4) is 0 Å². The molecule has 1 rings (SSSR count). The molecule has 0 saturated carbocycles. The molecule has 308 valence electrons. The molecule has 53 heavy (non-hydrogen) atoms. The topological polar surface area (TPSA) is 135 Å². The molecule has 0 aromatic heterocycles. The van der Waals surface area contributed by atoms with Gasteiger partial charge in [0.05, 0.1) is 19.8 Å². The SMILES string of the molecule is CCC/C=C\CCCCCCCCOCC(COC1OC(CO)C(O)C(O)C1O)OC(=O)CCCCCCCC/C=C\C/C=C\C/C=C\CCCCC. The number of rotatable bonds is 35. The molecule has 0 bridgehead atoms. The third-order valence-electron chi connectivity index (χ3n) is 9.45. The molecule has 1 aliphatic heterocycles. The van der Waals surface area contributed by atoms with Crippen LogP contribution in [0.2, 0.25) is 0 Å². The maximum Gasteiger partial charge on any atom is 0.306 e. The highest BCUT2D eigenvalue weighted by molar-refractivity contribution is 5.69. The smallest absolute Gasteiger partial charge is 0.306 e. The first-order valence-corrected chi connectivity index (χ1v) is 21.2. The molecule has 4 N–H and O–H groups in total. The fraction of sp³-hybridized carbons (Fsp3) is 0.795. The van der Waals surface area contributed by atoms with Crippen molar-refractivity contribution in [3.63, 3.8) is 0 Å². The number of allylic oxidation sites excluding steroid dienone is 8. The molecule has 6 unspecified atom stereocenters. The molecule has 6 atom stereocenters. The van der Waals surface area contributed by atoms with Crippen LogP contribution < -0.4 is 0 Å². The van der Waals surface area contributed by atoms with Gasteiger partial charge in [-0.1, -0.05) is 133 Å². The average Bonchev–Trinajstić information content (AvgIpc) is 3.16.